The second-order valence-corrected chi connectivity index (χ2v) is 9.66. The Hall–Kier alpha value is -2.06. The maximum absolute atomic E-state index is 12.7. The monoisotopic (exact) mass is 443 g/mol. The highest BCUT2D eigenvalue weighted by atomic mass is 32.2. The lowest BCUT2D eigenvalue weighted by atomic mass is 10.00. The Balaban J connectivity index is 1.42. The minimum Gasteiger partial charge on any atom is -0.376 e. The first-order valence-corrected chi connectivity index (χ1v) is 12.3. The van der Waals surface area contributed by atoms with Crippen molar-refractivity contribution in [2.75, 3.05) is 37.4 Å². The predicted molar refractivity (Wildman–Crippen MR) is 123 cm³/mol. The molecule has 8 heteroatoms. The summed E-state index contributed by atoms with van der Waals surface area (Å²) in [6, 6.07) is 10.1. The summed E-state index contributed by atoms with van der Waals surface area (Å²) < 4.78 is 8.07. The van der Waals surface area contributed by atoms with Crippen LogP contribution in [0.3, 0.4) is 0 Å². The fourth-order valence-corrected chi connectivity index (χ4v) is 5.05. The number of carbonyl (C=O) groups excluding carboxylic acids is 1. The number of rotatable bonds is 8. The molecule has 2 aromatic rings. The molecule has 1 amide bonds. The Bertz CT molecular complexity index is 845. The third kappa shape index (κ3) is 5.80. The molecule has 0 radical (unpaired) electrons. The number of hydrogen-bond acceptors (Lipinski definition) is 6. The van der Waals surface area contributed by atoms with E-state index in [1.165, 1.54) is 24.6 Å². The molecule has 1 unspecified atom stereocenters. The van der Waals surface area contributed by atoms with Crippen molar-refractivity contribution < 1.29 is 9.53 Å². The Morgan fingerprint density at radius 2 is 1.97 bits per heavy atom. The van der Waals surface area contributed by atoms with Gasteiger partial charge in [-0.15, -0.1) is 10.2 Å². The van der Waals surface area contributed by atoms with Crippen LogP contribution in [0.5, 0.6) is 0 Å². The third-order valence-electron chi connectivity index (χ3n) is 6.19. The highest BCUT2D eigenvalue weighted by molar-refractivity contribution is 7.99. The molecule has 1 atom stereocenters. The van der Waals surface area contributed by atoms with Gasteiger partial charge in [0.05, 0.1) is 18.4 Å². The molecule has 168 valence electrons. The summed E-state index contributed by atoms with van der Waals surface area (Å²) in [6.45, 7) is 6.52. The zero-order chi connectivity index (χ0) is 21.6. The zero-order valence-corrected chi connectivity index (χ0v) is 19.4. The van der Waals surface area contributed by atoms with Crippen LogP contribution in [0.25, 0.3) is 0 Å². The minimum atomic E-state index is 0.0915. The normalized spacial score (nSPS) is 19.7. The number of piperidine rings is 1. The number of anilines is 1. The molecule has 2 fully saturated rings. The summed E-state index contributed by atoms with van der Waals surface area (Å²) in [5.74, 6) is 2.13. The smallest absolute Gasteiger partial charge is 0.233 e. The van der Waals surface area contributed by atoms with Gasteiger partial charge in [0, 0.05) is 33.3 Å². The zero-order valence-electron chi connectivity index (χ0n) is 18.6. The van der Waals surface area contributed by atoms with E-state index in [4.69, 9.17) is 4.74 Å². The first-order chi connectivity index (χ1) is 15.1. The molecule has 4 rings (SSSR count). The van der Waals surface area contributed by atoms with Gasteiger partial charge in [-0.2, -0.15) is 0 Å². The van der Waals surface area contributed by atoms with E-state index in [0.29, 0.717) is 12.3 Å². The van der Waals surface area contributed by atoms with Crippen molar-refractivity contribution in [3.8, 4) is 0 Å². The van der Waals surface area contributed by atoms with Crippen molar-refractivity contribution in [1.29, 1.82) is 0 Å². The van der Waals surface area contributed by atoms with Crippen LogP contribution in [0, 0.1) is 5.92 Å². The lowest BCUT2D eigenvalue weighted by Gasteiger charge is -2.31. The first-order valence-electron chi connectivity index (χ1n) is 11.3. The van der Waals surface area contributed by atoms with Gasteiger partial charge in [0.15, 0.2) is 5.16 Å². The van der Waals surface area contributed by atoms with Gasteiger partial charge in [-0.25, -0.2) is 0 Å². The molecule has 1 aromatic carbocycles. The van der Waals surface area contributed by atoms with Crippen LogP contribution in [-0.2, 0) is 22.6 Å². The van der Waals surface area contributed by atoms with Crippen molar-refractivity contribution >= 4 is 23.6 Å². The Morgan fingerprint density at radius 3 is 2.68 bits per heavy atom. The van der Waals surface area contributed by atoms with Gasteiger partial charge in [0.25, 0.3) is 0 Å². The molecule has 7 nitrogen and oxygen atoms in total. The standard InChI is InChI=1S/C23H33N5O2S/c1-18-10-12-27(13-11-18)22-24-25-23(28(22)16-20-9-6-14-30-20)31-17-21(29)26(2)15-19-7-4-3-5-8-19/h3-5,7-8,18,20H,6,9-17H2,1-2H3. The maximum Gasteiger partial charge on any atom is 0.233 e. The van der Waals surface area contributed by atoms with Gasteiger partial charge >= 0.3 is 0 Å². The number of amides is 1. The third-order valence-corrected chi connectivity index (χ3v) is 7.14. The minimum absolute atomic E-state index is 0.0915. The molecule has 2 saturated heterocycles. The van der Waals surface area contributed by atoms with Gasteiger partial charge < -0.3 is 14.5 Å². The molecule has 0 bridgehead atoms. The van der Waals surface area contributed by atoms with E-state index in [-0.39, 0.29) is 12.0 Å². The van der Waals surface area contributed by atoms with E-state index >= 15 is 0 Å². The van der Waals surface area contributed by atoms with E-state index in [1.807, 2.05) is 37.4 Å². The Morgan fingerprint density at radius 1 is 1.19 bits per heavy atom. The summed E-state index contributed by atoms with van der Waals surface area (Å²) in [7, 11) is 1.85. The SMILES string of the molecule is CC1CCN(c2nnc(SCC(=O)N(C)Cc3ccccc3)n2CC2CCCO2)CC1. The number of thioether (sulfide) groups is 1. The lowest BCUT2D eigenvalue weighted by molar-refractivity contribution is -0.127. The number of ether oxygens (including phenoxy) is 1. The van der Waals surface area contributed by atoms with Crippen molar-refractivity contribution in [2.24, 2.45) is 5.92 Å². The average Bonchev–Trinajstić information content (AvgIpc) is 3.44. The predicted octanol–water partition coefficient (Wildman–Crippen LogP) is 3.44. The summed E-state index contributed by atoms with van der Waals surface area (Å²) in [5, 5.41) is 9.82. The van der Waals surface area contributed by atoms with E-state index in [9.17, 15) is 4.79 Å². The van der Waals surface area contributed by atoms with Crippen LogP contribution in [0.4, 0.5) is 5.95 Å². The highest BCUT2D eigenvalue weighted by Gasteiger charge is 2.26. The molecule has 2 aliphatic rings. The summed E-state index contributed by atoms with van der Waals surface area (Å²) in [6.07, 6.45) is 4.73. The molecule has 2 aliphatic heterocycles. The van der Waals surface area contributed by atoms with Crippen LogP contribution in [0.1, 0.15) is 38.2 Å². The van der Waals surface area contributed by atoms with Crippen LogP contribution in [0.2, 0.25) is 0 Å². The second kappa shape index (κ2) is 10.5. The maximum atomic E-state index is 12.7. The van der Waals surface area contributed by atoms with Gasteiger partial charge in [-0.05, 0) is 37.2 Å². The van der Waals surface area contributed by atoms with E-state index < -0.39 is 0 Å². The quantitative estimate of drug-likeness (QED) is 0.583. The summed E-state index contributed by atoms with van der Waals surface area (Å²) in [5.41, 5.74) is 1.13. The molecule has 3 heterocycles. The molecule has 0 spiro atoms. The molecule has 1 aromatic heterocycles. The molecule has 0 aliphatic carbocycles. The number of nitrogens with zero attached hydrogens (tertiary/aromatic N) is 5. The fraction of sp³-hybridized carbons (Fsp3) is 0.609. The highest BCUT2D eigenvalue weighted by Crippen LogP contribution is 2.28. The van der Waals surface area contributed by atoms with Gasteiger partial charge in [0.1, 0.15) is 0 Å². The Kier molecular flexibility index (Phi) is 7.50. The number of benzene rings is 1. The molecule has 0 N–H and O–H groups in total. The topological polar surface area (TPSA) is 63.5 Å². The van der Waals surface area contributed by atoms with Crippen LogP contribution >= 0.6 is 11.8 Å². The van der Waals surface area contributed by atoms with Crippen molar-refractivity contribution in [3.05, 3.63) is 35.9 Å². The van der Waals surface area contributed by atoms with Crippen molar-refractivity contribution in [3.63, 3.8) is 0 Å². The number of hydrogen-bond donors (Lipinski definition) is 0. The molecule has 31 heavy (non-hydrogen) atoms. The fourth-order valence-electron chi connectivity index (χ4n) is 4.16. The van der Waals surface area contributed by atoms with Crippen molar-refractivity contribution in [1.82, 2.24) is 19.7 Å². The van der Waals surface area contributed by atoms with Gasteiger partial charge in [-0.1, -0.05) is 49.0 Å². The molecular weight excluding hydrogens is 410 g/mol. The average molecular weight is 444 g/mol. The van der Waals surface area contributed by atoms with Crippen LogP contribution in [-0.4, -0.2) is 64.2 Å². The van der Waals surface area contributed by atoms with E-state index in [1.54, 1.807) is 4.90 Å². The lowest BCUT2D eigenvalue weighted by Crippen LogP contribution is -2.35. The van der Waals surface area contributed by atoms with Gasteiger partial charge in [-0.3, -0.25) is 9.36 Å². The van der Waals surface area contributed by atoms with Crippen LogP contribution < -0.4 is 4.90 Å². The van der Waals surface area contributed by atoms with Gasteiger partial charge in [0.2, 0.25) is 11.9 Å². The largest absolute Gasteiger partial charge is 0.376 e. The number of aromatic nitrogens is 3. The summed E-state index contributed by atoms with van der Waals surface area (Å²) in [4.78, 5) is 16.9. The molecule has 0 saturated carbocycles. The Labute approximate surface area is 189 Å². The number of carbonyl (C=O) groups is 1. The first kappa shape index (κ1) is 22.1. The van der Waals surface area contributed by atoms with Crippen LogP contribution in [0.15, 0.2) is 35.5 Å². The second-order valence-electron chi connectivity index (χ2n) is 8.72. The molecular formula is C23H33N5O2S. The van der Waals surface area contributed by atoms with E-state index in [0.717, 1.165) is 61.7 Å². The summed E-state index contributed by atoms with van der Waals surface area (Å²) >= 11 is 1.48. The van der Waals surface area contributed by atoms with E-state index in [2.05, 4.69) is 26.6 Å². The van der Waals surface area contributed by atoms with Crippen molar-refractivity contribution in [2.45, 2.75) is 57.0 Å².